The van der Waals surface area contributed by atoms with Crippen LogP contribution in [0.4, 0.5) is 4.39 Å². The highest BCUT2D eigenvalue weighted by molar-refractivity contribution is 5.76. The van der Waals surface area contributed by atoms with E-state index in [0.717, 1.165) is 12.0 Å². The Bertz CT molecular complexity index is 669. The minimum absolute atomic E-state index is 0.0579. The van der Waals surface area contributed by atoms with Crippen molar-refractivity contribution in [2.24, 2.45) is 5.92 Å². The molecule has 0 radical (unpaired) electrons. The van der Waals surface area contributed by atoms with E-state index in [-0.39, 0.29) is 24.2 Å². The Labute approximate surface area is 133 Å². The van der Waals surface area contributed by atoms with Gasteiger partial charge in [-0.1, -0.05) is 0 Å². The van der Waals surface area contributed by atoms with Crippen LogP contribution in [0.1, 0.15) is 18.7 Å². The van der Waals surface area contributed by atoms with Crippen molar-refractivity contribution >= 4 is 5.91 Å². The van der Waals surface area contributed by atoms with Gasteiger partial charge in [-0.05, 0) is 30.7 Å². The molecule has 1 saturated heterocycles. The summed E-state index contributed by atoms with van der Waals surface area (Å²) in [6.45, 7) is 1.46. The number of aliphatic hydroxyl groups is 1. The molecule has 0 saturated carbocycles. The fourth-order valence-electron chi connectivity index (χ4n) is 2.75. The summed E-state index contributed by atoms with van der Waals surface area (Å²) < 4.78 is 18.5. The van der Waals surface area contributed by atoms with Crippen LogP contribution in [-0.4, -0.2) is 40.6 Å². The van der Waals surface area contributed by atoms with E-state index in [2.05, 4.69) is 4.98 Å². The molecule has 2 aromatic rings. The van der Waals surface area contributed by atoms with Gasteiger partial charge in [0.2, 0.25) is 5.91 Å². The number of oxazole rings is 1. The molecule has 23 heavy (non-hydrogen) atoms. The molecule has 1 N–H and O–H groups in total. The summed E-state index contributed by atoms with van der Waals surface area (Å²) in [5, 5.41) is 9.12. The number of carbonyl (C=O) groups excluding carboxylic acids is 1. The summed E-state index contributed by atoms with van der Waals surface area (Å²) in [6.07, 6.45) is 3.21. The molecule has 3 rings (SSSR count). The first kappa shape index (κ1) is 15.7. The molecule has 1 aromatic heterocycles. The SMILES string of the molecule is O=C(CCc1ncc(-c2ccc(F)cc2)o1)N1CCC(CO)C1. The molecule has 1 unspecified atom stereocenters. The smallest absolute Gasteiger partial charge is 0.223 e. The van der Waals surface area contributed by atoms with E-state index in [0.29, 0.717) is 37.6 Å². The van der Waals surface area contributed by atoms with Gasteiger partial charge < -0.3 is 14.4 Å². The van der Waals surface area contributed by atoms with E-state index in [1.807, 2.05) is 0 Å². The van der Waals surface area contributed by atoms with E-state index < -0.39 is 0 Å². The topological polar surface area (TPSA) is 66.6 Å². The number of aliphatic hydroxyl groups excluding tert-OH is 1. The number of hydrogen-bond donors (Lipinski definition) is 1. The molecule has 5 nitrogen and oxygen atoms in total. The van der Waals surface area contributed by atoms with Gasteiger partial charge in [-0.3, -0.25) is 4.79 Å². The van der Waals surface area contributed by atoms with Crippen molar-refractivity contribution in [3.05, 3.63) is 42.2 Å². The van der Waals surface area contributed by atoms with Gasteiger partial charge in [0.1, 0.15) is 5.82 Å². The lowest BCUT2D eigenvalue weighted by Gasteiger charge is -2.15. The number of carbonyl (C=O) groups is 1. The molecule has 1 aliphatic rings. The average Bonchev–Trinajstić information content (AvgIpc) is 3.22. The third kappa shape index (κ3) is 3.76. The first-order chi connectivity index (χ1) is 11.2. The number of aryl methyl sites for hydroxylation is 1. The van der Waals surface area contributed by atoms with Gasteiger partial charge in [-0.2, -0.15) is 0 Å². The molecule has 122 valence electrons. The molecule has 6 heteroatoms. The first-order valence-corrected chi connectivity index (χ1v) is 7.75. The van der Waals surface area contributed by atoms with E-state index >= 15 is 0 Å². The van der Waals surface area contributed by atoms with Crippen molar-refractivity contribution < 1.29 is 18.7 Å². The van der Waals surface area contributed by atoms with E-state index in [4.69, 9.17) is 9.52 Å². The van der Waals surface area contributed by atoms with Crippen molar-refractivity contribution in [3.8, 4) is 11.3 Å². The van der Waals surface area contributed by atoms with Crippen LogP contribution >= 0.6 is 0 Å². The molecule has 1 atom stereocenters. The molecule has 1 aliphatic heterocycles. The fourth-order valence-corrected chi connectivity index (χ4v) is 2.75. The zero-order valence-electron chi connectivity index (χ0n) is 12.7. The number of rotatable bonds is 5. The number of amides is 1. The quantitative estimate of drug-likeness (QED) is 0.918. The summed E-state index contributed by atoms with van der Waals surface area (Å²) in [5.41, 5.74) is 0.752. The van der Waals surface area contributed by atoms with Gasteiger partial charge in [-0.15, -0.1) is 0 Å². The number of halogens is 1. The summed E-state index contributed by atoms with van der Waals surface area (Å²) >= 11 is 0. The zero-order chi connectivity index (χ0) is 16.2. The first-order valence-electron chi connectivity index (χ1n) is 7.75. The monoisotopic (exact) mass is 318 g/mol. The van der Waals surface area contributed by atoms with Gasteiger partial charge in [-0.25, -0.2) is 9.37 Å². The predicted molar refractivity (Wildman–Crippen MR) is 82.0 cm³/mol. The molecular formula is C17H19FN2O3. The Hall–Kier alpha value is -2.21. The molecular weight excluding hydrogens is 299 g/mol. The number of benzene rings is 1. The fraction of sp³-hybridized carbons (Fsp3) is 0.412. The normalized spacial score (nSPS) is 17.7. The van der Waals surface area contributed by atoms with E-state index in [1.54, 1.807) is 23.2 Å². The highest BCUT2D eigenvalue weighted by Crippen LogP contribution is 2.22. The van der Waals surface area contributed by atoms with Crippen molar-refractivity contribution in [2.75, 3.05) is 19.7 Å². The molecule has 0 bridgehead atoms. The minimum atomic E-state index is -0.300. The van der Waals surface area contributed by atoms with Gasteiger partial charge in [0.25, 0.3) is 0 Å². The van der Waals surface area contributed by atoms with Crippen LogP contribution in [0.5, 0.6) is 0 Å². The Morgan fingerprint density at radius 3 is 2.87 bits per heavy atom. The molecule has 0 aliphatic carbocycles. The van der Waals surface area contributed by atoms with Crippen LogP contribution < -0.4 is 0 Å². The largest absolute Gasteiger partial charge is 0.441 e. The lowest BCUT2D eigenvalue weighted by atomic mass is 10.1. The molecule has 1 amide bonds. The Kier molecular flexibility index (Phi) is 4.71. The van der Waals surface area contributed by atoms with Crippen molar-refractivity contribution in [1.82, 2.24) is 9.88 Å². The maximum Gasteiger partial charge on any atom is 0.223 e. The summed E-state index contributed by atoms with van der Waals surface area (Å²) in [6, 6.07) is 5.99. The van der Waals surface area contributed by atoms with Gasteiger partial charge >= 0.3 is 0 Å². The third-order valence-corrected chi connectivity index (χ3v) is 4.13. The van der Waals surface area contributed by atoms with Gasteiger partial charge in [0, 0.05) is 44.0 Å². The Morgan fingerprint density at radius 2 is 2.17 bits per heavy atom. The van der Waals surface area contributed by atoms with Crippen molar-refractivity contribution in [1.29, 1.82) is 0 Å². The standard InChI is InChI=1S/C17H19FN2O3/c18-14-3-1-13(2-4-14)15-9-19-16(23-15)5-6-17(22)20-8-7-12(10-20)11-21/h1-4,9,12,21H,5-8,10-11H2. The van der Waals surface area contributed by atoms with Gasteiger partial charge in [0.05, 0.1) is 6.20 Å². The van der Waals surface area contributed by atoms with Crippen LogP contribution in [0.25, 0.3) is 11.3 Å². The van der Waals surface area contributed by atoms with Crippen molar-refractivity contribution in [2.45, 2.75) is 19.3 Å². The maximum absolute atomic E-state index is 12.9. The second-order valence-corrected chi connectivity index (χ2v) is 5.80. The predicted octanol–water partition coefficient (Wildman–Crippen LogP) is 2.25. The van der Waals surface area contributed by atoms with E-state index in [9.17, 15) is 9.18 Å². The average molecular weight is 318 g/mol. The van der Waals surface area contributed by atoms with Gasteiger partial charge in [0.15, 0.2) is 11.7 Å². The van der Waals surface area contributed by atoms with Crippen LogP contribution in [0.15, 0.2) is 34.9 Å². The lowest BCUT2D eigenvalue weighted by Crippen LogP contribution is -2.29. The molecule has 1 fully saturated rings. The van der Waals surface area contributed by atoms with Crippen LogP contribution in [-0.2, 0) is 11.2 Å². The Morgan fingerprint density at radius 1 is 1.39 bits per heavy atom. The number of aromatic nitrogens is 1. The summed E-state index contributed by atoms with van der Waals surface area (Å²) in [4.78, 5) is 18.1. The van der Waals surface area contributed by atoms with E-state index in [1.165, 1.54) is 12.1 Å². The van der Waals surface area contributed by atoms with Crippen molar-refractivity contribution in [3.63, 3.8) is 0 Å². The highest BCUT2D eigenvalue weighted by atomic mass is 19.1. The van der Waals surface area contributed by atoms with Crippen LogP contribution in [0, 0.1) is 11.7 Å². The highest BCUT2D eigenvalue weighted by Gasteiger charge is 2.25. The zero-order valence-corrected chi connectivity index (χ0v) is 12.7. The molecule has 1 aromatic carbocycles. The molecule has 2 heterocycles. The number of likely N-dealkylation sites (tertiary alicyclic amines) is 1. The van der Waals surface area contributed by atoms with Crippen LogP contribution in [0.3, 0.4) is 0 Å². The second kappa shape index (κ2) is 6.91. The summed E-state index contributed by atoms with van der Waals surface area (Å²) in [5.74, 6) is 1.02. The Balaban J connectivity index is 1.55. The lowest BCUT2D eigenvalue weighted by molar-refractivity contribution is -0.130. The number of hydrogen-bond acceptors (Lipinski definition) is 4. The van der Waals surface area contributed by atoms with Crippen LogP contribution in [0.2, 0.25) is 0 Å². The summed E-state index contributed by atoms with van der Waals surface area (Å²) in [7, 11) is 0. The maximum atomic E-state index is 12.9. The molecule has 0 spiro atoms. The second-order valence-electron chi connectivity index (χ2n) is 5.80. The number of nitrogens with zero attached hydrogens (tertiary/aromatic N) is 2. The minimum Gasteiger partial charge on any atom is -0.441 e. The third-order valence-electron chi connectivity index (χ3n) is 4.13.